The molecule has 204 valence electrons. The molecule has 9 nitrogen and oxygen atoms in total. The van der Waals surface area contributed by atoms with Gasteiger partial charge in [-0.15, -0.1) is 0 Å². The SMILES string of the molecule is CC(C)(C)OC(=O)C[C@@H]1CC[C@H](Oc2cc(-n3c(C(F)F)nc4ccccc43)nc(N3CCOCC3)n2)C1. The van der Waals surface area contributed by atoms with Gasteiger partial charge in [0, 0.05) is 25.6 Å². The summed E-state index contributed by atoms with van der Waals surface area (Å²) in [7, 11) is 0. The van der Waals surface area contributed by atoms with Crippen molar-refractivity contribution in [3.05, 3.63) is 36.2 Å². The number of rotatable bonds is 7. The van der Waals surface area contributed by atoms with Gasteiger partial charge in [0.2, 0.25) is 11.8 Å². The second-order valence-corrected chi connectivity index (χ2v) is 10.8. The summed E-state index contributed by atoms with van der Waals surface area (Å²) in [6.45, 7) is 7.77. The first kappa shape index (κ1) is 26.3. The van der Waals surface area contributed by atoms with Crippen LogP contribution in [0.4, 0.5) is 14.7 Å². The maximum absolute atomic E-state index is 14.1. The lowest BCUT2D eigenvalue weighted by molar-refractivity contribution is -0.155. The summed E-state index contributed by atoms with van der Waals surface area (Å²) >= 11 is 0. The normalized spacial score (nSPS) is 20.3. The number of para-hydroxylation sites is 2. The third kappa shape index (κ3) is 6.03. The Morgan fingerprint density at radius 3 is 2.63 bits per heavy atom. The molecule has 2 fully saturated rings. The Kier molecular flexibility index (Phi) is 7.47. The fourth-order valence-corrected chi connectivity index (χ4v) is 5.02. The first-order chi connectivity index (χ1) is 18.2. The molecule has 38 heavy (non-hydrogen) atoms. The molecule has 3 heterocycles. The molecule has 0 bridgehead atoms. The van der Waals surface area contributed by atoms with Crippen LogP contribution in [0.3, 0.4) is 0 Å². The van der Waals surface area contributed by atoms with Crippen LogP contribution in [-0.2, 0) is 14.3 Å². The highest BCUT2D eigenvalue weighted by Gasteiger charge is 2.31. The lowest BCUT2D eigenvalue weighted by Gasteiger charge is -2.27. The van der Waals surface area contributed by atoms with Crippen molar-refractivity contribution in [3.8, 4) is 11.7 Å². The van der Waals surface area contributed by atoms with Crippen LogP contribution in [0.25, 0.3) is 16.9 Å². The molecule has 1 aromatic carbocycles. The van der Waals surface area contributed by atoms with Crippen LogP contribution in [0.2, 0.25) is 0 Å². The first-order valence-corrected chi connectivity index (χ1v) is 13.0. The van der Waals surface area contributed by atoms with Gasteiger partial charge in [0.15, 0.2) is 5.82 Å². The number of morpholine rings is 1. The maximum atomic E-state index is 14.1. The van der Waals surface area contributed by atoms with Crippen LogP contribution in [0, 0.1) is 5.92 Å². The Labute approximate surface area is 220 Å². The highest BCUT2D eigenvalue weighted by atomic mass is 19.3. The topological polar surface area (TPSA) is 91.6 Å². The number of anilines is 1. The van der Waals surface area contributed by atoms with Crippen LogP contribution in [0.5, 0.6) is 5.88 Å². The van der Waals surface area contributed by atoms with Crippen LogP contribution < -0.4 is 9.64 Å². The molecular weight excluding hydrogens is 496 g/mol. The maximum Gasteiger partial charge on any atom is 0.306 e. The summed E-state index contributed by atoms with van der Waals surface area (Å²) < 4.78 is 46.7. The van der Waals surface area contributed by atoms with E-state index < -0.39 is 12.0 Å². The largest absolute Gasteiger partial charge is 0.474 e. The van der Waals surface area contributed by atoms with Crippen molar-refractivity contribution >= 4 is 23.0 Å². The zero-order chi connectivity index (χ0) is 26.9. The molecule has 1 aliphatic heterocycles. The molecule has 2 aromatic heterocycles. The van der Waals surface area contributed by atoms with Crippen LogP contribution in [0.15, 0.2) is 30.3 Å². The number of carbonyl (C=O) groups is 1. The number of halogens is 2. The second kappa shape index (κ2) is 10.8. The molecule has 2 aliphatic rings. The fraction of sp³-hybridized carbons (Fsp3) is 0.556. The van der Waals surface area contributed by atoms with Gasteiger partial charge in [-0.05, 0) is 58.1 Å². The Hall–Kier alpha value is -3.34. The van der Waals surface area contributed by atoms with E-state index in [0.717, 1.165) is 12.8 Å². The average Bonchev–Trinajstić information content (AvgIpc) is 3.47. The van der Waals surface area contributed by atoms with Gasteiger partial charge in [0.25, 0.3) is 6.43 Å². The zero-order valence-corrected chi connectivity index (χ0v) is 21.9. The summed E-state index contributed by atoms with van der Waals surface area (Å²) in [5.41, 5.74) is 0.462. The molecule has 0 unspecified atom stereocenters. The van der Waals surface area contributed by atoms with Gasteiger partial charge in [0.05, 0.1) is 24.2 Å². The molecule has 2 atom stereocenters. The van der Waals surface area contributed by atoms with E-state index in [1.807, 2.05) is 25.7 Å². The van der Waals surface area contributed by atoms with E-state index in [2.05, 4.69) is 15.0 Å². The van der Waals surface area contributed by atoms with Crippen molar-refractivity contribution in [2.45, 2.75) is 64.6 Å². The average molecular weight is 530 g/mol. The number of hydrogen-bond donors (Lipinski definition) is 0. The van der Waals surface area contributed by atoms with E-state index in [4.69, 9.17) is 14.2 Å². The number of alkyl halides is 2. The van der Waals surface area contributed by atoms with E-state index in [1.54, 1.807) is 30.3 Å². The van der Waals surface area contributed by atoms with E-state index in [-0.39, 0.29) is 29.6 Å². The standard InChI is InChI=1S/C27H33F2N5O4/c1-27(2,3)38-23(35)15-17-8-9-18(14-17)37-22-16-21(31-26(32-22)33-10-12-36-13-11-33)34-20-7-5-4-6-19(20)30-25(34)24(28)29/h4-7,16-18,24H,8-15H2,1-3H3/t17-,18+/m1/s1. The van der Waals surface area contributed by atoms with Gasteiger partial charge >= 0.3 is 5.97 Å². The van der Waals surface area contributed by atoms with Gasteiger partial charge in [-0.2, -0.15) is 9.97 Å². The molecule has 1 saturated carbocycles. The van der Waals surface area contributed by atoms with E-state index >= 15 is 0 Å². The van der Waals surface area contributed by atoms with E-state index in [0.29, 0.717) is 62.0 Å². The summed E-state index contributed by atoms with van der Waals surface area (Å²) in [6.07, 6.45) is -0.337. The number of fused-ring (bicyclic) bond motifs is 1. The number of carbonyl (C=O) groups excluding carboxylic acids is 1. The number of benzene rings is 1. The molecule has 0 radical (unpaired) electrons. The Bertz CT molecular complexity index is 1290. The molecule has 3 aromatic rings. The number of imidazole rings is 1. The summed E-state index contributed by atoms with van der Waals surface area (Å²) in [5, 5.41) is 0. The summed E-state index contributed by atoms with van der Waals surface area (Å²) in [5.74, 6) is 0.511. The van der Waals surface area contributed by atoms with Gasteiger partial charge in [-0.25, -0.2) is 13.8 Å². The highest BCUT2D eigenvalue weighted by molar-refractivity contribution is 5.78. The number of ether oxygens (including phenoxy) is 3. The third-order valence-corrected chi connectivity index (χ3v) is 6.64. The molecule has 1 saturated heterocycles. The minimum absolute atomic E-state index is 0.151. The van der Waals surface area contributed by atoms with Crippen molar-refractivity contribution in [1.29, 1.82) is 0 Å². The van der Waals surface area contributed by atoms with Gasteiger partial charge in [-0.1, -0.05) is 12.1 Å². The second-order valence-electron chi connectivity index (χ2n) is 10.8. The highest BCUT2D eigenvalue weighted by Crippen LogP contribution is 2.34. The predicted octanol–water partition coefficient (Wildman–Crippen LogP) is 4.87. The van der Waals surface area contributed by atoms with Crippen molar-refractivity contribution < 1.29 is 27.8 Å². The molecule has 11 heteroatoms. The number of nitrogens with zero attached hydrogens (tertiary/aromatic N) is 5. The molecular formula is C27H33F2N5O4. The fourth-order valence-electron chi connectivity index (χ4n) is 5.02. The Balaban J connectivity index is 1.43. The van der Waals surface area contributed by atoms with Gasteiger partial charge in [-0.3, -0.25) is 9.36 Å². The zero-order valence-electron chi connectivity index (χ0n) is 21.9. The molecule has 5 rings (SSSR count). The Morgan fingerprint density at radius 2 is 1.89 bits per heavy atom. The molecule has 0 spiro atoms. The summed E-state index contributed by atoms with van der Waals surface area (Å²) in [6, 6.07) is 8.56. The van der Waals surface area contributed by atoms with Crippen LogP contribution >= 0.6 is 0 Å². The number of hydrogen-bond acceptors (Lipinski definition) is 8. The first-order valence-electron chi connectivity index (χ1n) is 13.0. The monoisotopic (exact) mass is 529 g/mol. The lowest BCUT2D eigenvalue weighted by Crippen LogP contribution is -2.37. The van der Waals surface area contributed by atoms with E-state index in [9.17, 15) is 13.6 Å². The minimum atomic E-state index is -2.79. The van der Waals surface area contributed by atoms with E-state index in [1.165, 1.54) is 4.57 Å². The third-order valence-electron chi connectivity index (χ3n) is 6.64. The smallest absolute Gasteiger partial charge is 0.306 e. The van der Waals surface area contributed by atoms with Crippen molar-refractivity contribution in [1.82, 2.24) is 19.5 Å². The molecule has 0 N–H and O–H groups in total. The molecule has 0 amide bonds. The molecule has 1 aliphatic carbocycles. The van der Waals surface area contributed by atoms with Crippen molar-refractivity contribution in [2.24, 2.45) is 5.92 Å². The summed E-state index contributed by atoms with van der Waals surface area (Å²) in [4.78, 5) is 27.7. The van der Waals surface area contributed by atoms with Crippen LogP contribution in [0.1, 0.15) is 58.7 Å². The van der Waals surface area contributed by atoms with Crippen LogP contribution in [-0.4, -0.2) is 63.5 Å². The number of esters is 1. The lowest BCUT2D eigenvalue weighted by atomic mass is 10.0. The van der Waals surface area contributed by atoms with Crippen molar-refractivity contribution in [3.63, 3.8) is 0 Å². The predicted molar refractivity (Wildman–Crippen MR) is 137 cm³/mol. The van der Waals surface area contributed by atoms with Gasteiger partial charge in [0.1, 0.15) is 17.5 Å². The number of aromatic nitrogens is 4. The minimum Gasteiger partial charge on any atom is -0.474 e. The quantitative estimate of drug-likeness (QED) is 0.401. The Morgan fingerprint density at radius 1 is 1.13 bits per heavy atom. The van der Waals surface area contributed by atoms with Crippen molar-refractivity contribution in [2.75, 3.05) is 31.2 Å². The van der Waals surface area contributed by atoms with Gasteiger partial charge < -0.3 is 19.1 Å².